The minimum Gasteiger partial charge on any atom is -0.368 e. The summed E-state index contributed by atoms with van der Waals surface area (Å²) in [6, 6.07) is 10.2. The lowest BCUT2D eigenvalue weighted by Crippen LogP contribution is -2.17. The molecule has 1 atom stereocenters. The second-order valence-corrected chi connectivity index (χ2v) is 3.68. The average Bonchev–Trinajstić information content (AvgIpc) is 2.30. The van der Waals surface area contributed by atoms with Gasteiger partial charge >= 0.3 is 0 Å². The number of benzene rings is 1. The van der Waals surface area contributed by atoms with Crippen LogP contribution in [-0.2, 0) is 11.3 Å². The molecule has 0 radical (unpaired) electrons. The van der Waals surface area contributed by atoms with Crippen molar-refractivity contribution in [2.75, 3.05) is 6.54 Å². The standard InChI is InChI=1S/C13H15NO/c1-11-7-8-13(9-14-11)15-10-12-5-3-2-4-6-12/h2-8,13H,9-10H2,1H3/t13-/m0/s1. The largest absolute Gasteiger partial charge is 0.368 e. The van der Waals surface area contributed by atoms with E-state index in [2.05, 4.69) is 23.2 Å². The predicted molar refractivity (Wildman–Crippen MR) is 62.1 cm³/mol. The molecule has 0 bridgehead atoms. The molecule has 0 aromatic heterocycles. The molecule has 15 heavy (non-hydrogen) atoms. The van der Waals surface area contributed by atoms with Crippen molar-refractivity contribution >= 4 is 5.71 Å². The fourth-order valence-corrected chi connectivity index (χ4v) is 1.48. The van der Waals surface area contributed by atoms with Gasteiger partial charge in [0.1, 0.15) is 0 Å². The van der Waals surface area contributed by atoms with Crippen LogP contribution in [0.2, 0.25) is 0 Å². The summed E-state index contributed by atoms with van der Waals surface area (Å²) < 4.78 is 5.72. The number of rotatable bonds is 3. The van der Waals surface area contributed by atoms with Gasteiger partial charge in [0.2, 0.25) is 0 Å². The Kier molecular flexibility index (Phi) is 3.30. The molecule has 0 N–H and O–H groups in total. The van der Waals surface area contributed by atoms with Gasteiger partial charge in [0.05, 0.1) is 19.3 Å². The quantitative estimate of drug-likeness (QED) is 0.736. The summed E-state index contributed by atoms with van der Waals surface area (Å²) in [5, 5.41) is 0. The summed E-state index contributed by atoms with van der Waals surface area (Å²) in [5.74, 6) is 0. The van der Waals surface area contributed by atoms with Crippen LogP contribution in [0.4, 0.5) is 0 Å². The van der Waals surface area contributed by atoms with Crippen LogP contribution in [0.3, 0.4) is 0 Å². The molecule has 2 nitrogen and oxygen atoms in total. The Labute approximate surface area is 90.3 Å². The van der Waals surface area contributed by atoms with Gasteiger partial charge in [0.25, 0.3) is 0 Å². The first kappa shape index (κ1) is 10.1. The molecule has 2 rings (SSSR count). The van der Waals surface area contributed by atoms with E-state index in [1.54, 1.807) is 0 Å². The summed E-state index contributed by atoms with van der Waals surface area (Å²) in [6.07, 6.45) is 4.22. The van der Waals surface area contributed by atoms with Gasteiger partial charge in [0, 0.05) is 5.71 Å². The van der Waals surface area contributed by atoms with Crippen LogP contribution in [-0.4, -0.2) is 18.4 Å². The predicted octanol–water partition coefficient (Wildman–Crippen LogP) is 2.60. The highest BCUT2D eigenvalue weighted by molar-refractivity contribution is 5.93. The van der Waals surface area contributed by atoms with Crippen LogP contribution in [0.5, 0.6) is 0 Å². The number of hydrogen-bond acceptors (Lipinski definition) is 2. The molecule has 0 unspecified atom stereocenters. The maximum absolute atomic E-state index is 5.72. The van der Waals surface area contributed by atoms with Gasteiger partial charge in [-0.05, 0) is 18.6 Å². The van der Waals surface area contributed by atoms with Crippen molar-refractivity contribution in [2.45, 2.75) is 19.6 Å². The van der Waals surface area contributed by atoms with Crippen LogP contribution in [0.1, 0.15) is 12.5 Å². The SMILES string of the molecule is CC1=NC[C@@H](OCc2ccccc2)C=C1. The lowest BCUT2D eigenvalue weighted by Gasteiger charge is -2.15. The third kappa shape index (κ3) is 3.03. The third-order valence-electron chi connectivity index (χ3n) is 2.38. The molecule has 1 aromatic rings. The average molecular weight is 201 g/mol. The number of aliphatic imine (C=N–C) groups is 1. The lowest BCUT2D eigenvalue weighted by molar-refractivity contribution is 0.0772. The lowest BCUT2D eigenvalue weighted by atomic mass is 10.2. The second-order valence-electron chi connectivity index (χ2n) is 3.68. The van der Waals surface area contributed by atoms with E-state index in [1.165, 1.54) is 5.56 Å². The van der Waals surface area contributed by atoms with E-state index < -0.39 is 0 Å². The molecule has 0 saturated heterocycles. The monoisotopic (exact) mass is 201 g/mol. The first-order valence-corrected chi connectivity index (χ1v) is 5.19. The van der Waals surface area contributed by atoms with Crippen LogP contribution in [0, 0.1) is 0 Å². The molecule has 1 aliphatic rings. The van der Waals surface area contributed by atoms with Crippen LogP contribution >= 0.6 is 0 Å². The van der Waals surface area contributed by atoms with Gasteiger partial charge in [-0.3, -0.25) is 4.99 Å². The first-order valence-electron chi connectivity index (χ1n) is 5.19. The molecule has 1 heterocycles. The molecule has 0 saturated carbocycles. The summed E-state index contributed by atoms with van der Waals surface area (Å²) >= 11 is 0. The number of hydrogen-bond donors (Lipinski definition) is 0. The Hall–Kier alpha value is -1.41. The van der Waals surface area contributed by atoms with Crippen molar-refractivity contribution in [1.29, 1.82) is 0 Å². The third-order valence-corrected chi connectivity index (χ3v) is 2.38. The molecule has 2 heteroatoms. The van der Waals surface area contributed by atoms with E-state index in [0.717, 1.165) is 12.3 Å². The van der Waals surface area contributed by atoms with Crippen LogP contribution in [0.15, 0.2) is 47.5 Å². The Bertz CT molecular complexity index is 367. The van der Waals surface area contributed by atoms with Crippen molar-refractivity contribution in [2.24, 2.45) is 4.99 Å². The highest BCUT2D eigenvalue weighted by Crippen LogP contribution is 2.07. The minimum atomic E-state index is 0.133. The van der Waals surface area contributed by atoms with Crippen molar-refractivity contribution in [3.63, 3.8) is 0 Å². The van der Waals surface area contributed by atoms with Gasteiger partial charge < -0.3 is 4.74 Å². The second kappa shape index (κ2) is 4.89. The van der Waals surface area contributed by atoms with Crippen LogP contribution in [0.25, 0.3) is 0 Å². The fourth-order valence-electron chi connectivity index (χ4n) is 1.48. The maximum atomic E-state index is 5.72. The number of dihydropyridines is 1. The van der Waals surface area contributed by atoms with E-state index in [4.69, 9.17) is 4.74 Å². The first-order chi connectivity index (χ1) is 7.34. The van der Waals surface area contributed by atoms with Gasteiger partial charge in [-0.25, -0.2) is 0 Å². The summed E-state index contributed by atoms with van der Waals surface area (Å²) in [6.45, 7) is 3.41. The maximum Gasteiger partial charge on any atom is 0.0959 e. The molecular weight excluding hydrogens is 186 g/mol. The highest BCUT2D eigenvalue weighted by Gasteiger charge is 2.07. The van der Waals surface area contributed by atoms with E-state index in [0.29, 0.717) is 6.61 Å². The Morgan fingerprint density at radius 2 is 2.13 bits per heavy atom. The molecule has 0 spiro atoms. The Morgan fingerprint density at radius 1 is 1.33 bits per heavy atom. The van der Waals surface area contributed by atoms with Crippen molar-refractivity contribution in [1.82, 2.24) is 0 Å². The van der Waals surface area contributed by atoms with Crippen LogP contribution < -0.4 is 0 Å². The zero-order valence-corrected chi connectivity index (χ0v) is 8.89. The number of allylic oxidation sites excluding steroid dienone is 1. The van der Waals surface area contributed by atoms with Gasteiger partial charge in [-0.1, -0.05) is 36.4 Å². The molecule has 1 aromatic carbocycles. The summed E-state index contributed by atoms with van der Waals surface area (Å²) in [4.78, 5) is 4.33. The molecule has 0 fully saturated rings. The molecule has 0 amide bonds. The minimum absolute atomic E-state index is 0.133. The number of nitrogens with zero attached hydrogens (tertiary/aromatic N) is 1. The van der Waals surface area contributed by atoms with E-state index in [1.807, 2.05) is 31.2 Å². The van der Waals surface area contributed by atoms with E-state index >= 15 is 0 Å². The van der Waals surface area contributed by atoms with Crippen molar-refractivity contribution in [3.05, 3.63) is 48.0 Å². The molecule has 78 valence electrons. The Balaban J connectivity index is 1.83. The summed E-state index contributed by atoms with van der Waals surface area (Å²) in [5.41, 5.74) is 2.28. The van der Waals surface area contributed by atoms with E-state index in [9.17, 15) is 0 Å². The van der Waals surface area contributed by atoms with Gasteiger partial charge in [-0.2, -0.15) is 0 Å². The summed E-state index contributed by atoms with van der Waals surface area (Å²) in [7, 11) is 0. The van der Waals surface area contributed by atoms with Crippen molar-refractivity contribution in [3.8, 4) is 0 Å². The normalized spacial score (nSPS) is 20.1. The zero-order valence-electron chi connectivity index (χ0n) is 8.89. The smallest absolute Gasteiger partial charge is 0.0959 e. The fraction of sp³-hybridized carbons (Fsp3) is 0.308. The highest BCUT2D eigenvalue weighted by atomic mass is 16.5. The topological polar surface area (TPSA) is 21.6 Å². The van der Waals surface area contributed by atoms with Gasteiger partial charge in [0.15, 0.2) is 0 Å². The van der Waals surface area contributed by atoms with E-state index in [-0.39, 0.29) is 6.10 Å². The molecule has 1 aliphatic heterocycles. The van der Waals surface area contributed by atoms with Gasteiger partial charge in [-0.15, -0.1) is 0 Å². The van der Waals surface area contributed by atoms with Crippen molar-refractivity contribution < 1.29 is 4.74 Å². The zero-order chi connectivity index (χ0) is 10.5. The molecule has 0 aliphatic carbocycles. The number of ether oxygens (including phenoxy) is 1. The molecular formula is C13H15NO. The Morgan fingerprint density at radius 3 is 2.80 bits per heavy atom.